The number of likely N-dealkylation sites (tertiary alicyclic amines) is 1. The molecule has 3 amide bonds. The first-order valence-corrected chi connectivity index (χ1v) is 14.6. The van der Waals surface area contributed by atoms with Gasteiger partial charge in [0.25, 0.3) is 11.8 Å². The van der Waals surface area contributed by atoms with E-state index in [1.165, 1.54) is 35.2 Å². The monoisotopic (exact) mass is 619 g/mol. The number of nitrogens with zero attached hydrogens (tertiary/aromatic N) is 4. The molecule has 3 heterocycles. The summed E-state index contributed by atoms with van der Waals surface area (Å²) in [5.41, 5.74) is 0.913. The van der Waals surface area contributed by atoms with Crippen molar-refractivity contribution in [1.82, 2.24) is 20.0 Å². The van der Waals surface area contributed by atoms with E-state index < -0.39 is 41.3 Å². The minimum atomic E-state index is -4.67. The summed E-state index contributed by atoms with van der Waals surface area (Å²) in [7, 11) is 0. The topological polar surface area (TPSA) is 87.5 Å². The molecular formula is C33H29F4N5O3. The van der Waals surface area contributed by atoms with Crippen molar-refractivity contribution in [1.29, 1.82) is 0 Å². The molecule has 4 aromatic rings. The Bertz CT molecular complexity index is 1750. The molecule has 2 aliphatic heterocycles. The van der Waals surface area contributed by atoms with E-state index in [9.17, 15) is 31.9 Å². The first-order valence-electron chi connectivity index (χ1n) is 14.6. The maximum Gasteiger partial charge on any atom is 0.416 e. The molecule has 3 aromatic carbocycles. The van der Waals surface area contributed by atoms with Crippen LogP contribution in [0, 0.1) is 5.82 Å². The van der Waals surface area contributed by atoms with Crippen LogP contribution in [0.3, 0.4) is 0 Å². The number of nitrogens with one attached hydrogen (secondary N) is 1. The Morgan fingerprint density at radius 1 is 1.00 bits per heavy atom. The third kappa shape index (κ3) is 5.67. The predicted molar refractivity (Wildman–Crippen MR) is 157 cm³/mol. The maximum atomic E-state index is 14.3. The molecule has 2 aliphatic rings. The first-order chi connectivity index (χ1) is 21.6. The Balaban J connectivity index is 1.53. The van der Waals surface area contributed by atoms with Crippen molar-refractivity contribution in [2.75, 3.05) is 18.0 Å². The second kappa shape index (κ2) is 11.8. The molecule has 0 bridgehead atoms. The fourth-order valence-electron chi connectivity index (χ4n) is 6.08. The zero-order valence-corrected chi connectivity index (χ0v) is 24.2. The number of hydrogen-bond donors (Lipinski definition) is 1. The molecular weight excluding hydrogens is 590 g/mol. The van der Waals surface area contributed by atoms with Gasteiger partial charge in [-0.25, -0.2) is 9.07 Å². The van der Waals surface area contributed by atoms with Gasteiger partial charge in [0.05, 0.1) is 23.5 Å². The van der Waals surface area contributed by atoms with Gasteiger partial charge in [0.15, 0.2) is 0 Å². The second-order valence-corrected chi connectivity index (χ2v) is 11.0. The number of benzene rings is 3. The summed E-state index contributed by atoms with van der Waals surface area (Å²) in [6, 6.07) is 17.3. The number of likely N-dealkylation sites (N-methyl/N-ethyl adjacent to an activating group) is 1. The molecule has 0 spiro atoms. The Hall–Kier alpha value is -5.00. The summed E-state index contributed by atoms with van der Waals surface area (Å²) < 4.78 is 56.1. The Labute approximate surface area is 256 Å². The highest BCUT2D eigenvalue weighted by Crippen LogP contribution is 2.44. The minimum absolute atomic E-state index is 0.0371. The number of hydrogen-bond acceptors (Lipinski definition) is 4. The lowest BCUT2D eigenvalue weighted by atomic mass is 9.80. The van der Waals surface area contributed by atoms with E-state index in [1.54, 1.807) is 16.5 Å². The van der Waals surface area contributed by atoms with Crippen LogP contribution in [0.2, 0.25) is 0 Å². The van der Waals surface area contributed by atoms with E-state index in [0.29, 0.717) is 47.7 Å². The number of rotatable bonds is 7. The van der Waals surface area contributed by atoms with Crippen molar-refractivity contribution in [3.8, 4) is 5.69 Å². The van der Waals surface area contributed by atoms with Crippen LogP contribution in [0.1, 0.15) is 58.4 Å². The SMILES string of the molecule is CCN1C(=O)C(NC(=O)c2cccc(C(F)(F)F)c2)C(c2ccc(F)cc2)c2c(CN3CCCC3=O)nn(-c3ccccc3)c21. The van der Waals surface area contributed by atoms with Crippen molar-refractivity contribution < 1.29 is 31.9 Å². The van der Waals surface area contributed by atoms with Crippen LogP contribution in [-0.4, -0.2) is 51.5 Å². The first kappa shape index (κ1) is 30.0. The van der Waals surface area contributed by atoms with Crippen LogP contribution in [0.4, 0.5) is 23.4 Å². The number of alkyl halides is 3. The van der Waals surface area contributed by atoms with E-state index in [-0.39, 0.29) is 24.6 Å². The van der Waals surface area contributed by atoms with Crippen LogP contribution in [-0.2, 0) is 22.3 Å². The third-order valence-electron chi connectivity index (χ3n) is 8.20. The Kier molecular flexibility index (Phi) is 7.90. The molecule has 1 aromatic heterocycles. The van der Waals surface area contributed by atoms with E-state index in [1.807, 2.05) is 30.3 Å². The van der Waals surface area contributed by atoms with Crippen LogP contribution < -0.4 is 10.2 Å². The summed E-state index contributed by atoms with van der Waals surface area (Å²) in [5.74, 6) is -2.41. The smallest absolute Gasteiger partial charge is 0.339 e. The number of fused-ring (bicyclic) bond motifs is 1. The normalized spacial score (nSPS) is 18.3. The van der Waals surface area contributed by atoms with Gasteiger partial charge in [-0.05, 0) is 61.4 Å². The van der Waals surface area contributed by atoms with Gasteiger partial charge < -0.3 is 10.2 Å². The third-order valence-corrected chi connectivity index (χ3v) is 8.20. The summed E-state index contributed by atoms with van der Waals surface area (Å²) in [4.78, 5) is 43.7. The highest BCUT2D eigenvalue weighted by molar-refractivity contribution is 6.05. The number of halogens is 4. The minimum Gasteiger partial charge on any atom is -0.339 e. The van der Waals surface area contributed by atoms with Gasteiger partial charge in [0.1, 0.15) is 17.7 Å². The van der Waals surface area contributed by atoms with Gasteiger partial charge >= 0.3 is 6.18 Å². The lowest BCUT2D eigenvalue weighted by Gasteiger charge is -2.38. The van der Waals surface area contributed by atoms with Gasteiger partial charge in [-0.1, -0.05) is 36.4 Å². The molecule has 6 rings (SSSR count). The molecule has 232 valence electrons. The number of anilines is 1. The zero-order chi connectivity index (χ0) is 31.9. The molecule has 0 saturated carbocycles. The highest BCUT2D eigenvalue weighted by Gasteiger charge is 2.46. The number of carbonyl (C=O) groups excluding carboxylic acids is 3. The van der Waals surface area contributed by atoms with Gasteiger partial charge in [-0.15, -0.1) is 0 Å². The number of para-hydroxylation sites is 1. The number of aromatic nitrogens is 2. The predicted octanol–water partition coefficient (Wildman–Crippen LogP) is 5.45. The molecule has 2 unspecified atom stereocenters. The van der Waals surface area contributed by atoms with Crippen LogP contribution in [0.25, 0.3) is 5.69 Å². The maximum absolute atomic E-state index is 14.3. The van der Waals surface area contributed by atoms with Gasteiger partial charge in [0.2, 0.25) is 5.91 Å². The number of amides is 3. The standard InChI is InChI=1S/C33H29F4N5O3/c1-2-41-31-28(25(19-40-17-7-12-26(40)43)39-42(31)24-10-4-3-5-11-24)27(20-13-15-23(34)16-14-20)29(32(41)45)38-30(44)21-8-6-9-22(18-21)33(35,36)37/h3-6,8-11,13-16,18,27,29H,2,7,12,17,19H2,1H3,(H,38,44). The van der Waals surface area contributed by atoms with E-state index in [4.69, 9.17) is 5.10 Å². The summed E-state index contributed by atoms with van der Waals surface area (Å²) >= 11 is 0. The fraction of sp³-hybridized carbons (Fsp3) is 0.273. The Morgan fingerprint density at radius 2 is 1.73 bits per heavy atom. The van der Waals surface area contributed by atoms with Gasteiger partial charge in [0, 0.05) is 36.6 Å². The van der Waals surface area contributed by atoms with Crippen molar-refractivity contribution in [3.05, 3.63) is 113 Å². The lowest BCUT2D eigenvalue weighted by Crippen LogP contribution is -2.55. The van der Waals surface area contributed by atoms with Crippen molar-refractivity contribution in [2.45, 2.75) is 44.4 Å². The Morgan fingerprint density at radius 3 is 2.38 bits per heavy atom. The molecule has 12 heteroatoms. The summed E-state index contributed by atoms with van der Waals surface area (Å²) in [6.07, 6.45) is -3.58. The van der Waals surface area contributed by atoms with Crippen LogP contribution in [0.5, 0.6) is 0 Å². The van der Waals surface area contributed by atoms with E-state index in [0.717, 1.165) is 18.2 Å². The quantitative estimate of drug-likeness (QED) is 0.279. The van der Waals surface area contributed by atoms with Crippen molar-refractivity contribution >= 4 is 23.5 Å². The summed E-state index contributed by atoms with van der Waals surface area (Å²) in [6.45, 7) is 2.61. The van der Waals surface area contributed by atoms with Gasteiger partial charge in [-0.2, -0.15) is 18.3 Å². The van der Waals surface area contributed by atoms with Crippen LogP contribution >= 0.6 is 0 Å². The average molecular weight is 620 g/mol. The molecule has 8 nitrogen and oxygen atoms in total. The molecule has 1 N–H and O–H groups in total. The molecule has 2 atom stereocenters. The molecule has 0 radical (unpaired) electrons. The van der Waals surface area contributed by atoms with E-state index in [2.05, 4.69) is 5.32 Å². The fourth-order valence-corrected chi connectivity index (χ4v) is 6.08. The summed E-state index contributed by atoms with van der Waals surface area (Å²) in [5, 5.41) is 7.62. The van der Waals surface area contributed by atoms with Gasteiger partial charge in [-0.3, -0.25) is 19.3 Å². The van der Waals surface area contributed by atoms with Crippen molar-refractivity contribution in [2.24, 2.45) is 0 Å². The van der Waals surface area contributed by atoms with Crippen molar-refractivity contribution in [3.63, 3.8) is 0 Å². The molecule has 45 heavy (non-hydrogen) atoms. The lowest BCUT2D eigenvalue weighted by molar-refractivity contribution is -0.137. The van der Waals surface area contributed by atoms with Crippen LogP contribution in [0.15, 0.2) is 78.9 Å². The number of carbonyl (C=O) groups is 3. The molecule has 1 fully saturated rings. The highest BCUT2D eigenvalue weighted by atomic mass is 19.4. The largest absolute Gasteiger partial charge is 0.416 e. The molecule has 0 aliphatic carbocycles. The zero-order valence-electron chi connectivity index (χ0n) is 24.2. The second-order valence-electron chi connectivity index (χ2n) is 11.0. The molecule has 1 saturated heterocycles. The average Bonchev–Trinajstić information content (AvgIpc) is 3.61. The van der Waals surface area contributed by atoms with E-state index >= 15 is 0 Å².